The van der Waals surface area contributed by atoms with Crippen LogP contribution >= 0.6 is 0 Å². The Morgan fingerprint density at radius 2 is 0.882 bits per heavy atom. The van der Waals surface area contributed by atoms with Gasteiger partial charge in [-0.2, -0.15) is 0 Å². The lowest BCUT2D eigenvalue weighted by Gasteiger charge is -2.32. The summed E-state index contributed by atoms with van der Waals surface area (Å²) in [6.07, 6.45) is 3.96. The van der Waals surface area contributed by atoms with Gasteiger partial charge in [-0.15, -0.1) is 0 Å². The number of rotatable bonds is 4. The van der Waals surface area contributed by atoms with Gasteiger partial charge in [0, 0.05) is 24.2 Å². The first kappa shape index (κ1) is 23.7. The Balaban J connectivity index is 1.61. The van der Waals surface area contributed by atoms with E-state index < -0.39 is 0 Å². The monoisotopic (exact) mass is 454 g/mol. The minimum atomic E-state index is -0.00914. The molecule has 4 nitrogen and oxygen atoms in total. The minimum absolute atomic E-state index is 0.00914. The topological polar surface area (TPSA) is 40.6 Å². The van der Waals surface area contributed by atoms with E-state index in [1.165, 1.54) is 0 Å². The first-order valence-electron chi connectivity index (χ1n) is 12.4. The van der Waals surface area contributed by atoms with Crippen molar-refractivity contribution in [2.45, 2.75) is 51.6 Å². The quantitative estimate of drug-likeness (QED) is 0.442. The normalized spacial score (nSPS) is 17.4. The van der Waals surface area contributed by atoms with Crippen molar-refractivity contribution in [2.75, 3.05) is 13.1 Å². The number of hydrogen-bond acceptors (Lipinski definition) is 2. The number of fused-ring (bicyclic) bond motifs is 11. The smallest absolute Gasteiger partial charge is 0.254 e. The highest BCUT2D eigenvalue weighted by Crippen LogP contribution is 2.26. The zero-order valence-corrected chi connectivity index (χ0v) is 20.2. The fraction of sp³-hybridized carbons (Fsp3) is 0.333. The largest absolute Gasteiger partial charge is 0.332 e. The zero-order chi connectivity index (χ0) is 23.9. The molecule has 0 aromatic heterocycles. The maximum atomic E-state index is 13.5. The summed E-state index contributed by atoms with van der Waals surface area (Å²) < 4.78 is 0. The Morgan fingerprint density at radius 3 is 1.24 bits per heavy atom. The van der Waals surface area contributed by atoms with E-state index in [0.29, 0.717) is 11.1 Å². The number of benzene rings is 3. The predicted octanol–water partition coefficient (Wildman–Crippen LogP) is 6.67. The molecule has 0 N–H and O–H groups in total. The van der Waals surface area contributed by atoms with Crippen LogP contribution in [0.25, 0.3) is 0 Å². The zero-order valence-electron chi connectivity index (χ0n) is 20.2. The maximum absolute atomic E-state index is 13.5. The summed E-state index contributed by atoms with van der Waals surface area (Å²) in [4.78, 5) is 31.0. The van der Waals surface area contributed by atoms with Crippen molar-refractivity contribution in [3.05, 3.63) is 107 Å². The van der Waals surface area contributed by atoms with Crippen LogP contribution in [0.1, 0.15) is 83.5 Å². The summed E-state index contributed by atoms with van der Waals surface area (Å²) in [5, 5.41) is 0. The summed E-state index contributed by atoms with van der Waals surface area (Å²) in [7, 11) is 0. The molecule has 34 heavy (non-hydrogen) atoms. The van der Waals surface area contributed by atoms with E-state index in [0.717, 1.165) is 49.9 Å². The summed E-state index contributed by atoms with van der Waals surface area (Å²) in [6.45, 7) is 5.63. The second kappa shape index (κ2) is 11.1. The van der Waals surface area contributed by atoms with Crippen LogP contribution in [-0.2, 0) is 0 Å². The second-order valence-electron chi connectivity index (χ2n) is 9.16. The molecule has 0 saturated carbocycles. The van der Waals surface area contributed by atoms with Gasteiger partial charge in [0.2, 0.25) is 0 Å². The number of amides is 2. The van der Waals surface area contributed by atoms with E-state index in [2.05, 4.69) is 38.1 Å². The molecule has 0 saturated heterocycles. The summed E-state index contributed by atoms with van der Waals surface area (Å²) >= 11 is 0. The molecule has 4 heteroatoms. The van der Waals surface area contributed by atoms with Crippen LogP contribution in [0, 0.1) is 0 Å². The third-order valence-electron chi connectivity index (χ3n) is 6.95. The van der Waals surface area contributed by atoms with Crippen LogP contribution < -0.4 is 0 Å². The predicted molar refractivity (Wildman–Crippen MR) is 137 cm³/mol. The molecule has 176 valence electrons. The Bertz CT molecular complexity index is 991. The van der Waals surface area contributed by atoms with Gasteiger partial charge in [0.05, 0.1) is 12.1 Å². The van der Waals surface area contributed by atoms with Crippen LogP contribution in [0.15, 0.2) is 84.9 Å². The van der Waals surface area contributed by atoms with E-state index in [-0.39, 0.29) is 23.9 Å². The van der Waals surface area contributed by atoms with Gasteiger partial charge in [-0.1, -0.05) is 73.5 Å². The molecule has 0 unspecified atom stereocenters. The molecule has 2 bridgehead atoms. The third-order valence-corrected chi connectivity index (χ3v) is 6.95. The third kappa shape index (κ3) is 5.39. The summed E-state index contributed by atoms with van der Waals surface area (Å²) in [5.74, 6) is 0.0313. The van der Waals surface area contributed by atoms with Gasteiger partial charge in [0.1, 0.15) is 0 Å². The van der Waals surface area contributed by atoms with E-state index in [1.54, 1.807) is 24.3 Å². The van der Waals surface area contributed by atoms with Crippen molar-refractivity contribution >= 4 is 11.8 Å². The Morgan fingerprint density at radius 1 is 0.529 bits per heavy atom. The molecule has 5 rings (SSSR count). The standard InChI is InChI=1S/C30H34N2O2/c1-23(25-13-7-5-8-14-25)31-21-11-3-4-12-22-32(24(2)26-15-9-6-10-16-26)30(34)28-19-17-27(18-20-28)29(31)33/h5-10,13-20,23-24H,3-4,11-12,21-22H2,1-2H3/t23-,24-/m1/s1. The molecule has 3 aromatic carbocycles. The number of nitrogens with zero attached hydrogens (tertiary/aromatic N) is 2. The number of carbonyl (C=O) groups excluding carboxylic acids is 2. The molecule has 2 aliphatic heterocycles. The van der Waals surface area contributed by atoms with Crippen LogP contribution in [0.4, 0.5) is 0 Å². The number of carbonyl (C=O) groups is 2. The second-order valence-corrected chi connectivity index (χ2v) is 9.16. The highest BCUT2D eigenvalue weighted by Gasteiger charge is 2.25. The highest BCUT2D eigenvalue weighted by molar-refractivity contribution is 5.98. The van der Waals surface area contributed by atoms with Crippen molar-refractivity contribution in [3.63, 3.8) is 0 Å². The SMILES string of the molecule is C[C@H](c1ccccc1)N1CCCCCCN([C@H](C)c2ccccc2)C(=O)c2ccc(cc2)C1=O. The molecular formula is C30H34N2O2. The summed E-state index contributed by atoms with van der Waals surface area (Å²) in [5.41, 5.74) is 3.52. The first-order chi connectivity index (χ1) is 16.6. The van der Waals surface area contributed by atoms with Gasteiger partial charge in [-0.05, 0) is 62.1 Å². The van der Waals surface area contributed by atoms with E-state index in [1.807, 2.05) is 46.2 Å². The molecule has 3 aromatic rings. The van der Waals surface area contributed by atoms with Gasteiger partial charge in [-0.25, -0.2) is 0 Å². The fourth-order valence-electron chi connectivity index (χ4n) is 4.77. The first-order valence-corrected chi connectivity index (χ1v) is 12.4. The highest BCUT2D eigenvalue weighted by atomic mass is 16.2. The van der Waals surface area contributed by atoms with Crippen LogP contribution in [-0.4, -0.2) is 34.7 Å². The Hall–Kier alpha value is -3.40. The van der Waals surface area contributed by atoms with Crippen molar-refractivity contribution in [2.24, 2.45) is 0 Å². The molecule has 2 heterocycles. The lowest BCUT2D eigenvalue weighted by atomic mass is 10.0. The van der Waals surface area contributed by atoms with Gasteiger partial charge < -0.3 is 9.80 Å². The Labute approximate surface area is 203 Å². The van der Waals surface area contributed by atoms with E-state index >= 15 is 0 Å². The van der Waals surface area contributed by atoms with Crippen molar-refractivity contribution in [1.29, 1.82) is 0 Å². The lowest BCUT2D eigenvalue weighted by Crippen LogP contribution is -2.36. The molecule has 2 amide bonds. The van der Waals surface area contributed by atoms with Gasteiger partial charge in [-0.3, -0.25) is 9.59 Å². The Kier molecular flexibility index (Phi) is 7.79. The van der Waals surface area contributed by atoms with Crippen molar-refractivity contribution in [3.8, 4) is 0 Å². The van der Waals surface area contributed by atoms with Gasteiger partial charge >= 0.3 is 0 Å². The van der Waals surface area contributed by atoms with Crippen molar-refractivity contribution in [1.82, 2.24) is 9.80 Å². The molecule has 2 aliphatic rings. The number of hydrogen-bond donors (Lipinski definition) is 0. The fourth-order valence-corrected chi connectivity index (χ4v) is 4.77. The van der Waals surface area contributed by atoms with Crippen LogP contribution in [0.2, 0.25) is 0 Å². The average molecular weight is 455 g/mol. The summed E-state index contributed by atoms with van der Waals surface area (Å²) in [6, 6.07) is 27.6. The van der Waals surface area contributed by atoms with E-state index in [9.17, 15) is 9.59 Å². The minimum Gasteiger partial charge on any atom is -0.332 e. The lowest BCUT2D eigenvalue weighted by molar-refractivity contribution is 0.0666. The molecule has 2 atom stereocenters. The van der Waals surface area contributed by atoms with Crippen molar-refractivity contribution < 1.29 is 9.59 Å². The molecular weight excluding hydrogens is 420 g/mol. The molecule has 0 spiro atoms. The van der Waals surface area contributed by atoms with Gasteiger partial charge in [0.15, 0.2) is 0 Å². The maximum Gasteiger partial charge on any atom is 0.254 e. The van der Waals surface area contributed by atoms with Crippen LogP contribution in [0.3, 0.4) is 0 Å². The molecule has 0 fully saturated rings. The molecule has 0 aliphatic carbocycles. The van der Waals surface area contributed by atoms with E-state index in [4.69, 9.17) is 0 Å². The molecule has 0 radical (unpaired) electrons. The average Bonchev–Trinajstić information content (AvgIpc) is 2.90. The van der Waals surface area contributed by atoms with Crippen LogP contribution in [0.5, 0.6) is 0 Å². The van der Waals surface area contributed by atoms with Gasteiger partial charge in [0.25, 0.3) is 11.8 Å².